The summed E-state index contributed by atoms with van der Waals surface area (Å²) in [6.07, 6.45) is 2.72. The lowest BCUT2D eigenvalue weighted by atomic mass is 9.83. The third kappa shape index (κ3) is 5.73. The van der Waals surface area contributed by atoms with Crippen LogP contribution < -0.4 is 10.2 Å². The fraction of sp³-hybridized carbons (Fsp3) is 0.429. The van der Waals surface area contributed by atoms with Gasteiger partial charge in [-0.05, 0) is 47.2 Å². The van der Waals surface area contributed by atoms with E-state index < -0.39 is 17.5 Å². The number of aliphatic hydroxyl groups is 1. The summed E-state index contributed by atoms with van der Waals surface area (Å²) >= 11 is 2.73. The average molecular weight is 558 g/mol. The predicted octanol–water partition coefficient (Wildman–Crippen LogP) is 4.56. The van der Waals surface area contributed by atoms with Crippen molar-refractivity contribution in [2.45, 2.75) is 37.9 Å². The second-order valence-electron chi connectivity index (χ2n) is 10.1. The zero-order valence-corrected chi connectivity index (χ0v) is 23.0. The Kier molecular flexibility index (Phi) is 8.04. The molecule has 0 amide bonds. The molecule has 3 aliphatic heterocycles. The Hall–Kier alpha value is -2.92. The van der Waals surface area contributed by atoms with E-state index in [4.69, 9.17) is 14.3 Å². The summed E-state index contributed by atoms with van der Waals surface area (Å²) in [4.78, 5) is 30.4. The van der Waals surface area contributed by atoms with Gasteiger partial charge in [0.15, 0.2) is 6.10 Å². The third-order valence-corrected chi connectivity index (χ3v) is 9.52. The lowest BCUT2D eigenvalue weighted by Crippen LogP contribution is -2.65. The number of ether oxygens (including phenoxy) is 2. The number of carbonyl (C=O) groups excluding carboxylic acids is 2. The molecule has 8 nitrogen and oxygen atoms in total. The quantitative estimate of drug-likeness (QED) is 0.155. The molecule has 2 aromatic heterocycles. The number of quaternary nitrogens is 1. The number of anilines is 1. The first-order chi connectivity index (χ1) is 18.4. The van der Waals surface area contributed by atoms with Crippen LogP contribution in [0.4, 0.5) is 5.69 Å². The second-order valence-corrected chi connectivity index (χ2v) is 12.0. The van der Waals surface area contributed by atoms with Crippen molar-refractivity contribution in [2.75, 3.05) is 38.3 Å². The lowest BCUT2D eigenvalue weighted by molar-refractivity contribution is -0.946. The molecular formula is C28H33N2O6S2+. The summed E-state index contributed by atoms with van der Waals surface area (Å²) < 4.78 is 13.0. The van der Waals surface area contributed by atoms with Crippen molar-refractivity contribution >= 4 is 40.3 Å². The van der Waals surface area contributed by atoms with Gasteiger partial charge in [0.05, 0.1) is 41.7 Å². The molecule has 10 heteroatoms. The van der Waals surface area contributed by atoms with Gasteiger partial charge in [0, 0.05) is 32.1 Å². The molecule has 1 atom stereocenters. The number of esters is 1. The summed E-state index contributed by atoms with van der Waals surface area (Å²) in [5.41, 5.74) is 1.49. The molecule has 0 aliphatic carbocycles. The molecule has 3 saturated heterocycles. The Bertz CT molecular complexity index is 1170. The molecule has 2 N–H and O–H groups in total. The highest BCUT2D eigenvalue weighted by atomic mass is 32.1. The highest BCUT2D eigenvalue weighted by Crippen LogP contribution is 2.40. The Morgan fingerprint density at radius 1 is 1.05 bits per heavy atom. The number of thiophene rings is 2. The van der Waals surface area contributed by atoms with Crippen LogP contribution in [-0.4, -0.2) is 60.4 Å². The Balaban J connectivity index is 1.16. The molecule has 2 bridgehead atoms. The molecule has 6 rings (SSSR count). The number of benzene rings is 1. The smallest absolute Gasteiger partial charge is 0.349 e. The van der Waals surface area contributed by atoms with Gasteiger partial charge in [0.25, 0.3) is 0 Å². The maximum Gasteiger partial charge on any atom is 0.349 e. The van der Waals surface area contributed by atoms with Gasteiger partial charge in [0.1, 0.15) is 12.3 Å². The Labute approximate surface area is 230 Å². The normalized spacial score (nSPS) is 22.6. The molecule has 0 unspecified atom stereocenters. The minimum atomic E-state index is -1.77. The maximum atomic E-state index is 13.5. The largest absolute Gasteiger partial charge is 0.493 e. The number of piperidine rings is 3. The number of hydrogen-bond donors (Lipinski definition) is 2. The Morgan fingerprint density at radius 3 is 2.29 bits per heavy atom. The van der Waals surface area contributed by atoms with Crippen molar-refractivity contribution in [3.05, 3.63) is 69.0 Å². The van der Waals surface area contributed by atoms with E-state index in [0.717, 1.165) is 55.7 Å². The van der Waals surface area contributed by atoms with Crippen LogP contribution >= 0.6 is 22.7 Å². The molecule has 38 heavy (non-hydrogen) atoms. The molecule has 3 fully saturated rings. The second kappa shape index (κ2) is 11.4. The van der Waals surface area contributed by atoms with E-state index in [-0.39, 0.29) is 6.10 Å². The van der Waals surface area contributed by atoms with Gasteiger partial charge < -0.3 is 23.9 Å². The van der Waals surface area contributed by atoms with Crippen LogP contribution in [0.15, 0.2) is 59.3 Å². The van der Waals surface area contributed by atoms with Crippen molar-refractivity contribution in [2.24, 2.45) is 5.92 Å². The number of rotatable bonds is 11. The predicted molar refractivity (Wildman–Crippen MR) is 146 cm³/mol. The lowest BCUT2D eigenvalue weighted by Gasteiger charge is -2.52. The summed E-state index contributed by atoms with van der Waals surface area (Å²) in [6.45, 7) is 5.81. The monoisotopic (exact) mass is 557 g/mol. The van der Waals surface area contributed by atoms with Crippen molar-refractivity contribution in [1.82, 2.24) is 0 Å². The molecule has 5 heterocycles. The standard InChI is InChI=1S/C28H33N2O6S2/c1-20(31)36-29-22-7-9-23(10-8-22)34-16-4-13-30-14-11-21(12-15-30)24(19-30)35-27(32)28(33,25-5-2-17-37-25)26-6-3-18-38-26/h2-3,5-10,17-18,21,24,29,33H,4,11-16,19H2,1H3/q+1/t21?,24-,30?/m0/s1. The first kappa shape index (κ1) is 26.7. The zero-order valence-electron chi connectivity index (χ0n) is 21.3. The van der Waals surface area contributed by atoms with Gasteiger partial charge in [0.2, 0.25) is 5.60 Å². The van der Waals surface area contributed by atoms with E-state index in [1.807, 2.05) is 35.0 Å². The van der Waals surface area contributed by atoms with E-state index >= 15 is 0 Å². The first-order valence-electron chi connectivity index (χ1n) is 12.9. The van der Waals surface area contributed by atoms with Crippen molar-refractivity contribution < 1.29 is 33.5 Å². The zero-order chi connectivity index (χ0) is 26.6. The van der Waals surface area contributed by atoms with E-state index in [2.05, 4.69) is 5.48 Å². The van der Waals surface area contributed by atoms with Crippen LogP contribution in [0, 0.1) is 5.92 Å². The average Bonchev–Trinajstić information content (AvgIpc) is 3.66. The van der Waals surface area contributed by atoms with Crippen molar-refractivity contribution in [3.63, 3.8) is 0 Å². The van der Waals surface area contributed by atoms with Crippen LogP contribution in [0.2, 0.25) is 0 Å². The van der Waals surface area contributed by atoms with Crippen LogP contribution in [0.3, 0.4) is 0 Å². The van der Waals surface area contributed by atoms with Gasteiger partial charge in [-0.1, -0.05) is 12.1 Å². The fourth-order valence-electron chi connectivity index (χ4n) is 5.52. The molecule has 0 saturated carbocycles. The van der Waals surface area contributed by atoms with Gasteiger partial charge >= 0.3 is 11.9 Å². The molecule has 1 aromatic carbocycles. The number of nitrogens with one attached hydrogen (secondary N) is 1. The van der Waals surface area contributed by atoms with Crippen molar-refractivity contribution in [1.29, 1.82) is 0 Å². The van der Waals surface area contributed by atoms with Gasteiger partial charge in [-0.2, -0.15) is 0 Å². The number of nitrogens with zero attached hydrogens (tertiary/aromatic N) is 1. The minimum absolute atomic E-state index is 0.199. The van der Waals surface area contributed by atoms with Gasteiger partial charge in [-0.15, -0.1) is 22.7 Å². The van der Waals surface area contributed by atoms with Gasteiger partial charge in [-0.3, -0.25) is 4.79 Å². The molecule has 3 aliphatic rings. The highest BCUT2D eigenvalue weighted by molar-refractivity contribution is 7.12. The number of hydrogen-bond acceptors (Lipinski definition) is 9. The van der Waals surface area contributed by atoms with E-state index in [1.165, 1.54) is 29.6 Å². The maximum absolute atomic E-state index is 13.5. The SMILES string of the molecule is CC(=O)ONc1ccc(OCCC[N+]23CCC(CC2)[C@@H](OC(=O)C(O)(c2cccs2)c2cccs2)C3)cc1. The summed E-state index contributed by atoms with van der Waals surface area (Å²) in [6, 6.07) is 14.5. The highest BCUT2D eigenvalue weighted by Gasteiger charge is 2.51. The van der Waals surface area contributed by atoms with Crippen LogP contribution in [-0.2, 0) is 24.8 Å². The number of carbonyl (C=O) groups is 2. The van der Waals surface area contributed by atoms with Crippen LogP contribution in [0.1, 0.15) is 35.9 Å². The minimum Gasteiger partial charge on any atom is -0.493 e. The van der Waals surface area contributed by atoms with Crippen LogP contribution in [0.5, 0.6) is 5.75 Å². The van der Waals surface area contributed by atoms with E-state index in [9.17, 15) is 14.7 Å². The summed E-state index contributed by atoms with van der Waals surface area (Å²) in [5, 5.41) is 15.4. The molecule has 202 valence electrons. The first-order valence-corrected chi connectivity index (χ1v) is 14.7. The van der Waals surface area contributed by atoms with Gasteiger partial charge in [-0.25, -0.2) is 10.3 Å². The topological polar surface area (TPSA) is 94.1 Å². The molecule has 0 spiro atoms. The van der Waals surface area contributed by atoms with E-state index in [1.54, 1.807) is 24.3 Å². The Morgan fingerprint density at radius 2 is 1.71 bits per heavy atom. The van der Waals surface area contributed by atoms with Crippen LogP contribution in [0.25, 0.3) is 0 Å². The molecular weight excluding hydrogens is 524 g/mol. The third-order valence-electron chi connectivity index (χ3n) is 7.56. The molecule has 3 aromatic rings. The summed E-state index contributed by atoms with van der Waals surface area (Å²) in [7, 11) is 0. The van der Waals surface area contributed by atoms with E-state index in [0.29, 0.717) is 28.0 Å². The van der Waals surface area contributed by atoms with Crippen molar-refractivity contribution in [3.8, 4) is 5.75 Å². The fourth-order valence-corrected chi connectivity index (χ4v) is 7.24. The summed E-state index contributed by atoms with van der Waals surface area (Å²) in [5.74, 6) is 0.112. The molecule has 0 radical (unpaired) electrons. The number of fused-ring (bicyclic) bond motifs is 3.